The van der Waals surface area contributed by atoms with Crippen molar-refractivity contribution in [1.29, 1.82) is 0 Å². The van der Waals surface area contributed by atoms with E-state index < -0.39 is 0 Å². The highest BCUT2D eigenvalue weighted by Crippen LogP contribution is 1.83. The number of hydrogen-bond acceptors (Lipinski definition) is 5. The van der Waals surface area contributed by atoms with Gasteiger partial charge in [-0.05, 0) is 6.42 Å². The first-order chi connectivity index (χ1) is 6.91. The smallest absolute Gasteiger partial charge is 0.216 e. The van der Waals surface area contributed by atoms with Gasteiger partial charge in [0.25, 0.3) is 0 Å². The zero-order valence-electron chi connectivity index (χ0n) is 8.74. The maximum Gasteiger partial charge on any atom is 0.216 e. The van der Waals surface area contributed by atoms with Crippen molar-refractivity contribution < 1.29 is 19.0 Å². The molecule has 0 radical (unpaired) electrons. The Bertz CT molecular complexity index is 121. The van der Waals surface area contributed by atoms with Gasteiger partial charge >= 0.3 is 0 Å². The molecule has 14 heavy (non-hydrogen) atoms. The molecule has 0 aromatic heterocycles. The Hall–Kier alpha value is -0.650. The molecule has 5 nitrogen and oxygen atoms in total. The molecule has 0 spiro atoms. The highest BCUT2D eigenvalue weighted by atomic mass is 16.7. The molecule has 0 aliphatic carbocycles. The van der Waals surface area contributed by atoms with Crippen LogP contribution in [0, 0.1) is 0 Å². The summed E-state index contributed by atoms with van der Waals surface area (Å²) in [7, 11) is 0. The van der Waals surface area contributed by atoms with Crippen molar-refractivity contribution in [2.45, 2.75) is 13.3 Å². The summed E-state index contributed by atoms with van der Waals surface area (Å²) >= 11 is 0. The largest absolute Gasteiger partial charge is 0.379 e. The number of oxime groups is 1. The minimum atomic E-state index is 0.124. The molecule has 84 valence electrons. The fraction of sp³-hybridized carbons (Fsp3) is 0.889. The fourth-order valence-electron chi connectivity index (χ4n) is 0.718. The molecule has 0 saturated heterocycles. The van der Waals surface area contributed by atoms with Crippen LogP contribution in [0.4, 0.5) is 0 Å². The molecule has 0 N–H and O–H groups in total. The summed E-state index contributed by atoms with van der Waals surface area (Å²) in [4.78, 5) is 4.50. The van der Waals surface area contributed by atoms with Gasteiger partial charge in [0.05, 0.1) is 26.4 Å². The van der Waals surface area contributed by atoms with Gasteiger partial charge < -0.3 is 19.0 Å². The second-order valence-electron chi connectivity index (χ2n) is 2.51. The standard InChI is InChI=1S/C9H19NO4/c1-3-4-11-5-6-12-7-8-13-9-14-10-2/h2-9H2,1H3. The van der Waals surface area contributed by atoms with Crippen molar-refractivity contribution in [2.75, 3.05) is 39.8 Å². The lowest BCUT2D eigenvalue weighted by Gasteiger charge is -2.05. The molecule has 0 amide bonds. The van der Waals surface area contributed by atoms with Crippen molar-refractivity contribution in [3.8, 4) is 0 Å². The maximum atomic E-state index is 5.21. The lowest BCUT2D eigenvalue weighted by atomic mass is 10.5. The number of rotatable bonds is 11. The first-order valence-corrected chi connectivity index (χ1v) is 4.73. The van der Waals surface area contributed by atoms with Crippen LogP contribution in [0.25, 0.3) is 0 Å². The van der Waals surface area contributed by atoms with Gasteiger partial charge in [-0.2, -0.15) is 0 Å². The molecule has 0 aliphatic heterocycles. The Morgan fingerprint density at radius 1 is 0.929 bits per heavy atom. The number of ether oxygens (including phenoxy) is 3. The Kier molecular flexibility index (Phi) is 11.8. The van der Waals surface area contributed by atoms with Gasteiger partial charge in [0, 0.05) is 13.3 Å². The Labute approximate surface area is 85.0 Å². The van der Waals surface area contributed by atoms with E-state index in [0.29, 0.717) is 26.4 Å². The van der Waals surface area contributed by atoms with Crippen molar-refractivity contribution in [3.63, 3.8) is 0 Å². The van der Waals surface area contributed by atoms with Gasteiger partial charge in [-0.15, -0.1) is 5.16 Å². The average molecular weight is 205 g/mol. The molecule has 0 fully saturated rings. The molecular formula is C9H19NO4. The second-order valence-corrected chi connectivity index (χ2v) is 2.51. The molecule has 0 aromatic carbocycles. The minimum absolute atomic E-state index is 0.124. The number of hydrogen-bond donors (Lipinski definition) is 0. The SMILES string of the molecule is C=NOCOCCOCCOCCC. The van der Waals surface area contributed by atoms with E-state index in [-0.39, 0.29) is 6.79 Å². The highest BCUT2D eigenvalue weighted by molar-refractivity contribution is 5.21. The van der Waals surface area contributed by atoms with Gasteiger partial charge in [0.1, 0.15) is 0 Å². The van der Waals surface area contributed by atoms with Gasteiger partial charge in [-0.1, -0.05) is 6.92 Å². The predicted molar refractivity (Wildman–Crippen MR) is 53.4 cm³/mol. The maximum absolute atomic E-state index is 5.21. The Morgan fingerprint density at radius 3 is 2.07 bits per heavy atom. The summed E-state index contributed by atoms with van der Waals surface area (Å²) in [6, 6.07) is 0. The van der Waals surface area contributed by atoms with E-state index in [1.165, 1.54) is 0 Å². The Morgan fingerprint density at radius 2 is 1.50 bits per heavy atom. The molecule has 5 heteroatoms. The fourth-order valence-corrected chi connectivity index (χ4v) is 0.718. The molecule has 0 aromatic rings. The second kappa shape index (κ2) is 12.3. The topological polar surface area (TPSA) is 49.3 Å². The van der Waals surface area contributed by atoms with Crippen LogP contribution in [-0.2, 0) is 19.0 Å². The lowest BCUT2D eigenvalue weighted by Crippen LogP contribution is -2.10. The van der Waals surface area contributed by atoms with Gasteiger partial charge in [0.15, 0.2) is 0 Å². The van der Waals surface area contributed by atoms with Crippen LogP contribution in [0.5, 0.6) is 0 Å². The normalized spacial score (nSPS) is 10.1. The van der Waals surface area contributed by atoms with E-state index >= 15 is 0 Å². The molecule has 0 unspecified atom stereocenters. The van der Waals surface area contributed by atoms with E-state index in [1.807, 2.05) is 0 Å². The summed E-state index contributed by atoms with van der Waals surface area (Å²) < 4.78 is 15.4. The van der Waals surface area contributed by atoms with Crippen LogP contribution in [0.15, 0.2) is 5.16 Å². The van der Waals surface area contributed by atoms with Crippen molar-refractivity contribution in [1.82, 2.24) is 0 Å². The molecule has 0 heterocycles. The van der Waals surface area contributed by atoms with Crippen molar-refractivity contribution in [3.05, 3.63) is 0 Å². The van der Waals surface area contributed by atoms with Crippen LogP contribution in [0.3, 0.4) is 0 Å². The van der Waals surface area contributed by atoms with Crippen LogP contribution < -0.4 is 0 Å². The molecule has 0 aliphatic rings. The first kappa shape index (κ1) is 13.4. The van der Waals surface area contributed by atoms with Gasteiger partial charge in [0.2, 0.25) is 6.79 Å². The van der Waals surface area contributed by atoms with Crippen molar-refractivity contribution in [2.24, 2.45) is 5.16 Å². The molecule has 0 bridgehead atoms. The zero-order valence-corrected chi connectivity index (χ0v) is 8.74. The Balaban J connectivity index is 2.81. The molecule has 0 saturated carbocycles. The van der Waals surface area contributed by atoms with Crippen LogP contribution in [0.2, 0.25) is 0 Å². The summed E-state index contributed by atoms with van der Waals surface area (Å²) in [5.41, 5.74) is 0. The molecular weight excluding hydrogens is 186 g/mol. The van der Waals surface area contributed by atoms with Crippen molar-refractivity contribution >= 4 is 6.72 Å². The van der Waals surface area contributed by atoms with E-state index in [9.17, 15) is 0 Å². The average Bonchev–Trinajstić information content (AvgIpc) is 2.21. The summed E-state index contributed by atoms with van der Waals surface area (Å²) in [6.07, 6.45) is 1.04. The first-order valence-electron chi connectivity index (χ1n) is 4.73. The third kappa shape index (κ3) is 11.4. The number of nitrogens with zero attached hydrogens (tertiary/aromatic N) is 1. The quantitative estimate of drug-likeness (QED) is 0.219. The molecule has 0 atom stereocenters. The lowest BCUT2D eigenvalue weighted by molar-refractivity contribution is -0.0705. The summed E-state index contributed by atoms with van der Waals surface area (Å²) in [5, 5.41) is 3.17. The minimum Gasteiger partial charge on any atom is -0.379 e. The predicted octanol–water partition coefficient (Wildman–Crippen LogP) is 1.04. The van der Waals surface area contributed by atoms with Crippen LogP contribution in [0.1, 0.15) is 13.3 Å². The van der Waals surface area contributed by atoms with Crippen LogP contribution in [-0.4, -0.2) is 46.5 Å². The van der Waals surface area contributed by atoms with Gasteiger partial charge in [-0.25, -0.2) is 0 Å². The highest BCUT2D eigenvalue weighted by Gasteiger charge is 1.90. The van der Waals surface area contributed by atoms with E-state index in [2.05, 4.69) is 23.6 Å². The van der Waals surface area contributed by atoms with E-state index in [1.54, 1.807) is 0 Å². The summed E-state index contributed by atoms with van der Waals surface area (Å²) in [5.74, 6) is 0. The van der Waals surface area contributed by atoms with Crippen LogP contribution >= 0.6 is 0 Å². The third-order valence-electron chi connectivity index (χ3n) is 1.32. The monoisotopic (exact) mass is 205 g/mol. The summed E-state index contributed by atoms with van der Waals surface area (Å²) in [6.45, 7) is 8.39. The van der Waals surface area contributed by atoms with E-state index in [4.69, 9.17) is 14.2 Å². The third-order valence-corrected chi connectivity index (χ3v) is 1.32. The molecule has 0 rings (SSSR count). The zero-order chi connectivity index (χ0) is 10.5. The van der Waals surface area contributed by atoms with Gasteiger partial charge in [-0.3, -0.25) is 0 Å². The van der Waals surface area contributed by atoms with E-state index in [0.717, 1.165) is 13.0 Å².